The minimum atomic E-state index is -0.523. The van der Waals surface area contributed by atoms with Crippen molar-refractivity contribution in [1.82, 2.24) is 15.1 Å². The lowest BCUT2D eigenvalue weighted by Gasteiger charge is -2.25. The van der Waals surface area contributed by atoms with Crippen LogP contribution in [-0.2, 0) is 11.3 Å². The van der Waals surface area contributed by atoms with Crippen LogP contribution in [0.4, 0.5) is 9.59 Å². The van der Waals surface area contributed by atoms with E-state index in [9.17, 15) is 9.59 Å². The Hall–Kier alpha value is -2.24. The van der Waals surface area contributed by atoms with Crippen LogP contribution in [0.25, 0.3) is 0 Å². The number of urea groups is 1. The maximum Gasteiger partial charge on any atom is 0.410 e. The van der Waals surface area contributed by atoms with Crippen LogP contribution < -0.4 is 5.32 Å². The van der Waals surface area contributed by atoms with Crippen LogP contribution in [0.2, 0.25) is 0 Å². The summed E-state index contributed by atoms with van der Waals surface area (Å²) in [6.07, 6.45) is -0.399. The molecule has 1 N–H and O–H groups in total. The van der Waals surface area contributed by atoms with Crippen molar-refractivity contribution in [2.75, 3.05) is 27.2 Å². The Morgan fingerprint density at radius 2 is 1.70 bits per heavy atom. The Bertz CT molecular complexity index is 512. The van der Waals surface area contributed by atoms with E-state index in [0.29, 0.717) is 19.6 Å². The van der Waals surface area contributed by atoms with Gasteiger partial charge in [-0.2, -0.15) is 0 Å². The molecule has 0 saturated carbocycles. The van der Waals surface area contributed by atoms with Gasteiger partial charge in [0.1, 0.15) is 5.60 Å². The molecule has 6 nitrogen and oxygen atoms in total. The Labute approximate surface area is 138 Å². The standard InChI is InChI=1S/C17H27N3O3/c1-17(2,3)23-16(22)19(4)12-11-18-15(21)20(5)13-14-9-7-6-8-10-14/h6-10H,11-13H2,1-5H3,(H,18,21). The van der Waals surface area contributed by atoms with Gasteiger partial charge >= 0.3 is 12.1 Å². The fraction of sp³-hybridized carbons (Fsp3) is 0.529. The number of ether oxygens (including phenoxy) is 1. The molecule has 0 aromatic heterocycles. The molecule has 0 atom stereocenters. The molecule has 0 fully saturated rings. The van der Waals surface area contributed by atoms with Gasteiger partial charge in [-0.05, 0) is 26.3 Å². The molecule has 0 spiro atoms. The Morgan fingerprint density at radius 1 is 1.09 bits per heavy atom. The largest absolute Gasteiger partial charge is 0.444 e. The van der Waals surface area contributed by atoms with Crippen molar-refractivity contribution >= 4 is 12.1 Å². The highest BCUT2D eigenvalue weighted by Crippen LogP contribution is 2.08. The average molecular weight is 321 g/mol. The van der Waals surface area contributed by atoms with Crippen molar-refractivity contribution < 1.29 is 14.3 Å². The zero-order valence-corrected chi connectivity index (χ0v) is 14.6. The average Bonchev–Trinajstić information content (AvgIpc) is 2.46. The van der Waals surface area contributed by atoms with Crippen LogP contribution in [0, 0.1) is 0 Å². The minimum Gasteiger partial charge on any atom is -0.444 e. The van der Waals surface area contributed by atoms with E-state index in [1.807, 2.05) is 51.1 Å². The molecule has 0 radical (unpaired) electrons. The van der Waals surface area contributed by atoms with Crippen molar-refractivity contribution in [3.63, 3.8) is 0 Å². The van der Waals surface area contributed by atoms with Crippen LogP contribution in [-0.4, -0.2) is 54.7 Å². The van der Waals surface area contributed by atoms with Crippen molar-refractivity contribution in [3.8, 4) is 0 Å². The van der Waals surface area contributed by atoms with Gasteiger partial charge in [-0.1, -0.05) is 30.3 Å². The third kappa shape index (κ3) is 7.54. The SMILES string of the molecule is CN(Cc1ccccc1)C(=O)NCCN(C)C(=O)OC(C)(C)C. The van der Waals surface area contributed by atoms with Crippen molar-refractivity contribution in [2.24, 2.45) is 0 Å². The predicted molar refractivity (Wildman–Crippen MR) is 90.2 cm³/mol. The quantitative estimate of drug-likeness (QED) is 0.907. The predicted octanol–water partition coefficient (Wildman–Crippen LogP) is 2.69. The normalized spacial score (nSPS) is 10.8. The molecule has 0 aliphatic rings. The number of amides is 3. The number of rotatable bonds is 5. The van der Waals surface area contributed by atoms with Gasteiger partial charge in [0.25, 0.3) is 0 Å². The number of nitrogens with one attached hydrogen (secondary N) is 1. The van der Waals surface area contributed by atoms with Gasteiger partial charge in [-0.3, -0.25) is 0 Å². The first-order valence-electron chi connectivity index (χ1n) is 7.66. The van der Waals surface area contributed by atoms with Gasteiger partial charge in [0.15, 0.2) is 0 Å². The Kier molecular flexibility index (Phi) is 6.88. The summed E-state index contributed by atoms with van der Waals surface area (Å²) in [6.45, 7) is 6.75. The molecule has 0 bridgehead atoms. The molecule has 6 heteroatoms. The van der Waals surface area contributed by atoms with Crippen molar-refractivity contribution in [1.29, 1.82) is 0 Å². The van der Waals surface area contributed by atoms with Crippen LogP contribution in [0.5, 0.6) is 0 Å². The smallest absolute Gasteiger partial charge is 0.410 e. The summed E-state index contributed by atoms with van der Waals surface area (Å²) < 4.78 is 5.25. The lowest BCUT2D eigenvalue weighted by molar-refractivity contribution is 0.0300. The van der Waals surface area contributed by atoms with Gasteiger partial charge in [-0.15, -0.1) is 0 Å². The first-order valence-corrected chi connectivity index (χ1v) is 7.66. The zero-order chi connectivity index (χ0) is 17.5. The van der Waals surface area contributed by atoms with E-state index in [-0.39, 0.29) is 6.03 Å². The highest BCUT2D eigenvalue weighted by Gasteiger charge is 2.19. The van der Waals surface area contributed by atoms with Gasteiger partial charge < -0.3 is 19.9 Å². The molecule has 3 amide bonds. The van der Waals surface area contributed by atoms with Crippen LogP contribution in [0.1, 0.15) is 26.3 Å². The molecule has 0 saturated heterocycles. The van der Waals surface area contributed by atoms with Crippen LogP contribution >= 0.6 is 0 Å². The number of carbonyl (C=O) groups excluding carboxylic acids is 2. The Morgan fingerprint density at radius 3 is 2.26 bits per heavy atom. The summed E-state index contributed by atoms with van der Waals surface area (Å²) in [6, 6.07) is 9.59. The number of carbonyl (C=O) groups is 2. The van der Waals surface area contributed by atoms with E-state index >= 15 is 0 Å². The lowest BCUT2D eigenvalue weighted by atomic mass is 10.2. The summed E-state index contributed by atoms with van der Waals surface area (Å²) in [5.41, 5.74) is 0.542. The maximum absolute atomic E-state index is 12.0. The van der Waals surface area contributed by atoms with E-state index in [1.54, 1.807) is 19.0 Å². The molecule has 1 rings (SSSR count). The Balaban J connectivity index is 2.31. The number of benzene rings is 1. The summed E-state index contributed by atoms with van der Waals surface area (Å²) in [5, 5.41) is 2.79. The molecule has 1 aromatic rings. The van der Waals surface area contributed by atoms with Gasteiger partial charge in [0.05, 0.1) is 0 Å². The number of nitrogens with zero attached hydrogens (tertiary/aromatic N) is 2. The van der Waals surface area contributed by atoms with Gasteiger partial charge in [-0.25, -0.2) is 9.59 Å². The molecular weight excluding hydrogens is 294 g/mol. The van der Waals surface area contributed by atoms with E-state index in [0.717, 1.165) is 5.56 Å². The van der Waals surface area contributed by atoms with E-state index < -0.39 is 11.7 Å². The number of hydrogen-bond acceptors (Lipinski definition) is 3. The lowest BCUT2D eigenvalue weighted by Crippen LogP contribution is -2.42. The molecule has 0 aliphatic carbocycles. The molecule has 0 aliphatic heterocycles. The second kappa shape index (κ2) is 8.41. The maximum atomic E-state index is 12.0. The fourth-order valence-corrected chi connectivity index (χ4v) is 1.83. The number of hydrogen-bond donors (Lipinski definition) is 1. The molecular formula is C17H27N3O3. The number of likely N-dealkylation sites (N-methyl/N-ethyl adjacent to an activating group) is 1. The van der Waals surface area contributed by atoms with Crippen LogP contribution in [0.3, 0.4) is 0 Å². The van der Waals surface area contributed by atoms with Gasteiger partial charge in [0, 0.05) is 33.7 Å². The minimum absolute atomic E-state index is 0.175. The first kappa shape index (κ1) is 18.8. The monoisotopic (exact) mass is 321 g/mol. The molecule has 0 unspecified atom stereocenters. The third-order valence-corrected chi connectivity index (χ3v) is 3.04. The molecule has 128 valence electrons. The molecule has 23 heavy (non-hydrogen) atoms. The van der Waals surface area contributed by atoms with Crippen LogP contribution in [0.15, 0.2) is 30.3 Å². The highest BCUT2D eigenvalue weighted by atomic mass is 16.6. The first-order chi connectivity index (χ1) is 10.7. The third-order valence-electron chi connectivity index (χ3n) is 3.04. The zero-order valence-electron chi connectivity index (χ0n) is 14.6. The van der Waals surface area contributed by atoms with Crippen molar-refractivity contribution in [3.05, 3.63) is 35.9 Å². The molecule has 0 heterocycles. The summed E-state index contributed by atoms with van der Waals surface area (Å²) >= 11 is 0. The van der Waals surface area contributed by atoms with E-state index in [4.69, 9.17) is 4.74 Å². The van der Waals surface area contributed by atoms with Crippen molar-refractivity contribution in [2.45, 2.75) is 32.9 Å². The fourth-order valence-electron chi connectivity index (χ4n) is 1.83. The summed E-state index contributed by atoms with van der Waals surface area (Å²) in [7, 11) is 3.38. The second-order valence-electron chi connectivity index (χ2n) is 6.48. The van der Waals surface area contributed by atoms with Gasteiger partial charge in [0.2, 0.25) is 0 Å². The summed E-state index contributed by atoms with van der Waals surface area (Å²) in [4.78, 5) is 26.8. The van der Waals surface area contributed by atoms with E-state index in [2.05, 4.69) is 5.32 Å². The molecule has 1 aromatic carbocycles. The second-order valence-corrected chi connectivity index (χ2v) is 6.48. The van der Waals surface area contributed by atoms with E-state index in [1.165, 1.54) is 4.90 Å². The topological polar surface area (TPSA) is 61.9 Å². The summed E-state index contributed by atoms with van der Waals surface area (Å²) in [5.74, 6) is 0. The highest BCUT2D eigenvalue weighted by molar-refractivity contribution is 5.74.